The quantitative estimate of drug-likeness (QED) is 0.410. The third-order valence-corrected chi connectivity index (χ3v) is 5.18. The summed E-state index contributed by atoms with van der Waals surface area (Å²) in [5, 5.41) is 6.76. The third-order valence-electron chi connectivity index (χ3n) is 5.18. The molecule has 0 radical (unpaired) electrons. The molecule has 0 amide bonds. The Morgan fingerprint density at radius 3 is 2.87 bits per heavy atom. The second-order valence-electron chi connectivity index (χ2n) is 7.91. The van der Waals surface area contributed by atoms with Gasteiger partial charge in [0, 0.05) is 37.2 Å². The van der Waals surface area contributed by atoms with Gasteiger partial charge in [0.1, 0.15) is 17.9 Å². The van der Waals surface area contributed by atoms with Crippen molar-refractivity contribution in [3.8, 4) is 11.6 Å². The van der Waals surface area contributed by atoms with Gasteiger partial charge in [0.25, 0.3) is 0 Å². The number of hydrogen-bond donors (Lipinski definition) is 2. The molecule has 1 aromatic carbocycles. The highest BCUT2D eigenvalue weighted by atomic mass is 16.5. The summed E-state index contributed by atoms with van der Waals surface area (Å²) in [6, 6.07) is 10.4. The molecule has 0 aliphatic heterocycles. The summed E-state index contributed by atoms with van der Waals surface area (Å²) < 4.78 is 7.98. The Kier molecular flexibility index (Phi) is 6.82. The fourth-order valence-electron chi connectivity index (χ4n) is 3.22. The molecule has 2 N–H and O–H groups in total. The topological polar surface area (TPSA) is 76.4 Å². The summed E-state index contributed by atoms with van der Waals surface area (Å²) >= 11 is 0. The maximum absolute atomic E-state index is 6.10. The van der Waals surface area contributed by atoms with Crippen LogP contribution in [0.3, 0.4) is 0 Å². The zero-order valence-corrected chi connectivity index (χ0v) is 18.2. The zero-order chi connectivity index (χ0) is 21.5. The van der Waals surface area contributed by atoms with Gasteiger partial charge in [-0.25, -0.2) is 15.0 Å². The highest BCUT2D eigenvalue weighted by Gasteiger charge is 2.22. The number of ether oxygens (including phenoxy) is 1. The van der Waals surface area contributed by atoms with E-state index in [4.69, 9.17) is 9.73 Å². The van der Waals surface area contributed by atoms with E-state index in [0.29, 0.717) is 13.1 Å². The van der Waals surface area contributed by atoms with E-state index in [9.17, 15) is 0 Å². The summed E-state index contributed by atoms with van der Waals surface area (Å²) in [7, 11) is 0. The second kappa shape index (κ2) is 10.1. The predicted octanol–water partition coefficient (Wildman–Crippen LogP) is 3.62. The Hall–Kier alpha value is -3.35. The van der Waals surface area contributed by atoms with Gasteiger partial charge in [0.2, 0.25) is 0 Å². The number of guanidine groups is 1. The normalized spacial score (nSPS) is 13.8. The van der Waals surface area contributed by atoms with Crippen molar-refractivity contribution in [3.05, 3.63) is 71.9 Å². The van der Waals surface area contributed by atoms with E-state index in [0.717, 1.165) is 47.7 Å². The molecule has 1 fully saturated rings. The minimum atomic E-state index is 0.554. The van der Waals surface area contributed by atoms with Crippen LogP contribution in [0, 0.1) is 12.8 Å². The van der Waals surface area contributed by atoms with E-state index in [1.54, 1.807) is 18.7 Å². The van der Waals surface area contributed by atoms with Crippen molar-refractivity contribution in [1.29, 1.82) is 0 Å². The van der Waals surface area contributed by atoms with Gasteiger partial charge in [-0.15, -0.1) is 0 Å². The molecule has 0 atom stereocenters. The molecule has 0 saturated heterocycles. The lowest BCUT2D eigenvalue weighted by Crippen LogP contribution is -2.36. The first kappa shape index (κ1) is 20.9. The molecule has 0 unspecified atom stereocenters. The number of aliphatic imine (C=N–C) groups is 1. The molecule has 7 heteroatoms. The lowest BCUT2D eigenvalue weighted by Gasteiger charge is -2.15. The number of aryl methyl sites for hydroxylation is 1. The average Bonchev–Trinajstić information content (AvgIpc) is 3.45. The van der Waals surface area contributed by atoms with Crippen LogP contribution >= 0.6 is 0 Å². The molecule has 2 aromatic heterocycles. The predicted molar refractivity (Wildman–Crippen MR) is 122 cm³/mol. The monoisotopic (exact) mass is 418 g/mol. The molecule has 3 aromatic rings. The van der Waals surface area contributed by atoms with Gasteiger partial charge in [-0.05, 0) is 61.9 Å². The zero-order valence-electron chi connectivity index (χ0n) is 18.2. The van der Waals surface area contributed by atoms with Gasteiger partial charge in [-0.2, -0.15) is 0 Å². The van der Waals surface area contributed by atoms with Crippen LogP contribution in [0.4, 0.5) is 0 Å². The molecule has 0 spiro atoms. The third kappa shape index (κ3) is 6.07. The maximum atomic E-state index is 6.10. The van der Waals surface area contributed by atoms with Crippen LogP contribution in [0.5, 0.6) is 5.75 Å². The molecule has 1 aliphatic carbocycles. The fraction of sp³-hybridized carbons (Fsp3) is 0.375. The number of pyridine rings is 1. The molecule has 7 nitrogen and oxygen atoms in total. The minimum Gasteiger partial charge on any atom is -0.493 e. The minimum absolute atomic E-state index is 0.554. The molecular formula is C24H30N6O. The van der Waals surface area contributed by atoms with E-state index in [1.165, 1.54) is 18.4 Å². The Morgan fingerprint density at radius 2 is 2.10 bits per heavy atom. The highest BCUT2D eigenvalue weighted by molar-refractivity contribution is 5.79. The number of nitrogens with zero attached hydrogens (tertiary/aromatic N) is 4. The summed E-state index contributed by atoms with van der Waals surface area (Å²) in [6.45, 7) is 6.98. The van der Waals surface area contributed by atoms with E-state index >= 15 is 0 Å². The first-order valence-corrected chi connectivity index (χ1v) is 10.9. The smallest absolute Gasteiger partial charge is 0.191 e. The molecule has 2 heterocycles. The van der Waals surface area contributed by atoms with Crippen molar-refractivity contribution in [2.24, 2.45) is 10.9 Å². The molecule has 1 saturated carbocycles. The van der Waals surface area contributed by atoms with Gasteiger partial charge >= 0.3 is 0 Å². The molecule has 0 bridgehead atoms. The van der Waals surface area contributed by atoms with Gasteiger partial charge in [-0.3, -0.25) is 4.57 Å². The van der Waals surface area contributed by atoms with Crippen molar-refractivity contribution in [1.82, 2.24) is 25.2 Å². The van der Waals surface area contributed by atoms with E-state index in [1.807, 2.05) is 22.9 Å². The van der Waals surface area contributed by atoms with Crippen LogP contribution in [-0.4, -0.2) is 33.6 Å². The van der Waals surface area contributed by atoms with Crippen molar-refractivity contribution < 1.29 is 4.74 Å². The van der Waals surface area contributed by atoms with Crippen molar-refractivity contribution >= 4 is 5.96 Å². The average molecular weight is 419 g/mol. The molecule has 1 aliphatic rings. The fourth-order valence-corrected chi connectivity index (χ4v) is 3.22. The summed E-state index contributed by atoms with van der Waals surface area (Å²) in [6.07, 6.45) is 9.74. The number of benzene rings is 1. The van der Waals surface area contributed by atoms with Crippen LogP contribution in [0.15, 0.2) is 60.2 Å². The van der Waals surface area contributed by atoms with Gasteiger partial charge in [0.15, 0.2) is 5.96 Å². The first-order valence-electron chi connectivity index (χ1n) is 10.9. The molecular weight excluding hydrogens is 388 g/mol. The summed E-state index contributed by atoms with van der Waals surface area (Å²) in [4.78, 5) is 13.2. The number of aromatic nitrogens is 3. The van der Waals surface area contributed by atoms with Crippen molar-refractivity contribution in [3.63, 3.8) is 0 Å². The number of nitrogens with one attached hydrogen (secondary N) is 2. The number of imidazole rings is 1. The SMILES string of the molecule is CCNC(=NCc1ccnc(-n2ccnc2)c1)NCc1ccc(C)cc1OCC1CC1. The molecule has 31 heavy (non-hydrogen) atoms. The Balaban J connectivity index is 1.41. The van der Waals surface area contributed by atoms with Crippen LogP contribution in [0.1, 0.15) is 36.5 Å². The highest BCUT2D eigenvalue weighted by Crippen LogP contribution is 2.30. The van der Waals surface area contributed by atoms with Crippen LogP contribution in [-0.2, 0) is 13.1 Å². The Bertz CT molecular complexity index is 1010. The molecule has 4 rings (SSSR count). The maximum Gasteiger partial charge on any atom is 0.191 e. The van der Waals surface area contributed by atoms with Gasteiger partial charge in [-0.1, -0.05) is 12.1 Å². The van der Waals surface area contributed by atoms with Gasteiger partial charge in [0.05, 0.1) is 13.2 Å². The van der Waals surface area contributed by atoms with Crippen LogP contribution < -0.4 is 15.4 Å². The lowest BCUT2D eigenvalue weighted by molar-refractivity contribution is 0.296. The van der Waals surface area contributed by atoms with E-state index < -0.39 is 0 Å². The van der Waals surface area contributed by atoms with Crippen molar-refractivity contribution in [2.45, 2.75) is 39.8 Å². The Labute approximate surface area is 183 Å². The Morgan fingerprint density at radius 1 is 1.19 bits per heavy atom. The summed E-state index contributed by atoms with van der Waals surface area (Å²) in [5.41, 5.74) is 3.43. The van der Waals surface area contributed by atoms with Crippen molar-refractivity contribution in [2.75, 3.05) is 13.2 Å². The first-order chi connectivity index (χ1) is 15.2. The number of rotatable bonds is 9. The van der Waals surface area contributed by atoms with E-state index in [-0.39, 0.29) is 0 Å². The summed E-state index contributed by atoms with van der Waals surface area (Å²) in [5.74, 6) is 3.31. The lowest BCUT2D eigenvalue weighted by atomic mass is 10.1. The van der Waals surface area contributed by atoms with E-state index in [2.05, 4.69) is 52.6 Å². The second-order valence-corrected chi connectivity index (χ2v) is 7.91. The van der Waals surface area contributed by atoms with Crippen LogP contribution in [0.25, 0.3) is 5.82 Å². The molecule has 162 valence electrons. The number of hydrogen-bond acceptors (Lipinski definition) is 4. The standard InChI is InChI=1S/C24H30N6O/c1-3-26-24(28-14-20-8-9-27-23(13-20)30-11-10-25-17-30)29-15-21-7-4-18(2)12-22(21)31-16-19-5-6-19/h4,7-13,17,19H,3,5-6,14-16H2,1-2H3,(H2,26,28,29). The largest absolute Gasteiger partial charge is 0.493 e. The van der Waals surface area contributed by atoms with Crippen LogP contribution in [0.2, 0.25) is 0 Å². The van der Waals surface area contributed by atoms with Gasteiger partial charge < -0.3 is 15.4 Å².